The van der Waals surface area contributed by atoms with Crippen molar-refractivity contribution in [3.8, 4) is 0 Å². The standard InChI is InChI=1S/C25H31N5O2/c31-24(25-13-17-9-18(14-25)11-19(10-17)15-25)28-21-3-1-20(2-4-21)27-23-12-22(16-26-29-23)30-5-7-32-8-6-30/h1-4,12,16-19H,5-11,13-15H2,(H,27,29)(H,28,31). The number of benzene rings is 1. The van der Waals surface area contributed by atoms with E-state index in [2.05, 4.69) is 25.7 Å². The Morgan fingerprint density at radius 2 is 1.59 bits per heavy atom. The van der Waals surface area contributed by atoms with Gasteiger partial charge in [0.25, 0.3) is 0 Å². The van der Waals surface area contributed by atoms with Crippen LogP contribution in [0.25, 0.3) is 0 Å². The minimum absolute atomic E-state index is 0.124. The zero-order valence-corrected chi connectivity index (χ0v) is 18.4. The van der Waals surface area contributed by atoms with Crippen molar-refractivity contribution in [2.75, 3.05) is 41.8 Å². The lowest BCUT2D eigenvalue weighted by Crippen LogP contribution is -2.51. The second-order valence-corrected chi connectivity index (χ2v) is 10.3. The third kappa shape index (κ3) is 3.83. The Morgan fingerprint density at radius 1 is 0.969 bits per heavy atom. The fourth-order valence-electron chi connectivity index (χ4n) is 6.85. The van der Waals surface area contributed by atoms with Gasteiger partial charge < -0.3 is 20.3 Å². The van der Waals surface area contributed by atoms with Gasteiger partial charge in [-0.25, -0.2) is 0 Å². The Labute approximate surface area is 188 Å². The van der Waals surface area contributed by atoms with Crippen LogP contribution in [0.15, 0.2) is 36.5 Å². The molecule has 2 aromatic rings. The first-order valence-corrected chi connectivity index (χ1v) is 12.0. The van der Waals surface area contributed by atoms with Crippen molar-refractivity contribution in [3.63, 3.8) is 0 Å². The molecule has 7 nitrogen and oxygen atoms in total. The van der Waals surface area contributed by atoms with Gasteiger partial charge in [0.15, 0.2) is 5.82 Å². The van der Waals surface area contributed by atoms with Crippen LogP contribution >= 0.6 is 0 Å². The van der Waals surface area contributed by atoms with E-state index in [0.29, 0.717) is 5.82 Å². The summed E-state index contributed by atoms with van der Waals surface area (Å²) in [7, 11) is 0. The van der Waals surface area contributed by atoms with Crippen LogP contribution in [0.5, 0.6) is 0 Å². The monoisotopic (exact) mass is 433 g/mol. The predicted octanol–water partition coefficient (Wildman–Crippen LogP) is 4.21. The summed E-state index contributed by atoms with van der Waals surface area (Å²) < 4.78 is 5.43. The summed E-state index contributed by atoms with van der Waals surface area (Å²) >= 11 is 0. The van der Waals surface area contributed by atoms with Crippen molar-refractivity contribution in [1.82, 2.24) is 10.2 Å². The van der Waals surface area contributed by atoms with Crippen LogP contribution in [0.2, 0.25) is 0 Å². The number of nitrogens with zero attached hydrogens (tertiary/aromatic N) is 3. The van der Waals surface area contributed by atoms with E-state index in [1.54, 1.807) is 6.20 Å². The molecule has 1 amide bonds. The average molecular weight is 434 g/mol. The number of aromatic nitrogens is 2. The number of hydrogen-bond acceptors (Lipinski definition) is 6. The molecule has 4 aliphatic carbocycles. The Balaban J connectivity index is 1.10. The van der Waals surface area contributed by atoms with E-state index in [9.17, 15) is 4.79 Å². The Hall–Kier alpha value is -2.67. The van der Waals surface area contributed by atoms with Crippen LogP contribution in [0.3, 0.4) is 0 Å². The maximum Gasteiger partial charge on any atom is 0.230 e. The van der Waals surface area contributed by atoms with Crippen molar-refractivity contribution in [2.45, 2.75) is 38.5 Å². The summed E-state index contributed by atoms with van der Waals surface area (Å²) in [4.78, 5) is 15.5. The molecule has 0 unspecified atom stereocenters. The van der Waals surface area contributed by atoms with Gasteiger partial charge in [0.05, 0.1) is 30.5 Å². The van der Waals surface area contributed by atoms with Crippen LogP contribution in [-0.2, 0) is 9.53 Å². The molecule has 4 saturated carbocycles. The van der Waals surface area contributed by atoms with Crippen molar-refractivity contribution in [2.24, 2.45) is 23.2 Å². The van der Waals surface area contributed by atoms with Gasteiger partial charge in [-0.05, 0) is 80.5 Å². The Bertz CT molecular complexity index is 951. The summed E-state index contributed by atoms with van der Waals surface area (Å²) in [5, 5.41) is 14.9. The zero-order valence-electron chi connectivity index (χ0n) is 18.4. The zero-order chi connectivity index (χ0) is 21.5. The lowest BCUT2D eigenvalue weighted by molar-refractivity contribution is -0.140. The number of rotatable bonds is 5. The van der Waals surface area contributed by atoms with Gasteiger partial charge in [0, 0.05) is 30.5 Å². The van der Waals surface area contributed by atoms with Gasteiger partial charge in [-0.15, -0.1) is 5.10 Å². The molecule has 7 rings (SSSR count). The highest BCUT2D eigenvalue weighted by atomic mass is 16.5. The molecule has 1 aromatic heterocycles. The summed E-state index contributed by atoms with van der Waals surface area (Å²) in [5.74, 6) is 3.26. The van der Waals surface area contributed by atoms with Crippen LogP contribution in [0.1, 0.15) is 38.5 Å². The fraction of sp³-hybridized carbons (Fsp3) is 0.560. The molecular weight excluding hydrogens is 402 g/mol. The molecule has 7 heteroatoms. The molecule has 0 radical (unpaired) electrons. The molecule has 5 aliphatic rings. The number of amides is 1. The first-order chi connectivity index (χ1) is 15.6. The Morgan fingerprint density at radius 3 is 2.25 bits per heavy atom. The van der Waals surface area contributed by atoms with Gasteiger partial charge >= 0.3 is 0 Å². The van der Waals surface area contributed by atoms with E-state index < -0.39 is 0 Å². The summed E-state index contributed by atoms with van der Waals surface area (Å²) in [6.45, 7) is 3.20. The number of carbonyl (C=O) groups excluding carboxylic acids is 1. The van der Waals surface area contributed by atoms with Gasteiger partial charge in [-0.1, -0.05) is 0 Å². The minimum atomic E-state index is -0.124. The first-order valence-electron chi connectivity index (χ1n) is 12.0. The summed E-state index contributed by atoms with van der Waals surface area (Å²) in [6, 6.07) is 9.93. The average Bonchev–Trinajstić information content (AvgIpc) is 2.80. The van der Waals surface area contributed by atoms with Gasteiger partial charge in [0.2, 0.25) is 5.91 Å². The summed E-state index contributed by atoms with van der Waals surface area (Å²) in [6.07, 6.45) is 9.10. The minimum Gasteiger partial charge on any atom is -0.378 e. The molecule has 1 aromatic carbocycles. The fourth-order valence-corrected chi connectivity index (χ4v) is 6.85. The number of carbonyl (C=O) groups is 1. The number of anilines is 4. The third-order valence-electron chi connectivity index (χ3n) is 7.95. The second kappa shape index (κ2) is 8.03. The van der Waals surface area contributed by atoms with Crippen molar-refractivity contribution >= 4 is 28.8 Å². The van der Waals surface area contributed by atoms with Crippen LogP contribution in [0.4, 0.5) is 22.9 Å². The van der Waals surface area contributed by atoms with E-state index in [1.165, 1.54) is 19.3 Å². The molecule has 0 spiro atoms. The van der Waals surface area contributed by atoms with Crippen molar-refractivity contribution < 1.29 is 9.53 Å². The maximum absolute atomic E-state index is 13.3. The lowest BCUT2D eigenvalue weighted by Gasteiger charge is -2.55. The molecule has 0 atom stereocenters. The Kier molecular flexibility index (Phi) is 5.01. The second-order valence-electron chi connectivity index (χ2n) is 10.3. The molecule has 2 N–H and O–H groups in total. The highest BCUT2D eigenvalue weighted by molar-refractivity contribution is 5.95. The smallest absolute Gasteiger partial charge is 0.230 e. The van der Waals surface area contributed by atoms with Gasteiger partial charge in [0.1, 0.15) is 0 Å². The largest absolute Gasteiger partial charge is 0.378 e. The number of ether oxygens (including phenoxy) is 1. The van der Waals surface area contributed by atoms with Crippen LogP contribution < -0.4 is 15.5 Å². The van der Waals surface area contributed by atoms with E-state index in [-0.39, 0.29) is 11.3 Å². The molecule has 32 heavy (non-hydrogen) atoms. The van der Waals surface area contributed by atoms with Crippen molar-refractivity contribution in [3.05, 3.63) is 36.5 Å². The summed E-state index contributed by atoms with van der Waals surface area (Å²) in [5.41, 5.74) is 2.71. The van der Waals surface area contributed by atoms with E-state index in [1.807, 2.05) is 30.3 Å². The van der Waals surface area contributed by atoms with E-state index in [0.717, 1.165) is 80.4 Å². The predicted molar refractivity (Wildman–Crippen MR) is 124 cm³/mol. The van der Waals surface area contributed by atoms with Crippen molar-refractivity contribution in [1.29, 1.82) is 0 Å². The number of morpholine rings is 1. The molecular formula is C25H31N5O2. The van der Waals surface area contributed by atoms with E-state index in [4.69, 9.17) is 4.74 Å². The van der Waals surface area contributed by atoms with Crippen LogP contribution in [-0.4, -0.2) is 42.4 Å². The maximum atomic E-state index is 13.3. The van der Waals surface area contributed by atoms with E-state index >= 15 is 0 Å². The normalized spacial score (nSPS) is 30.9. The molecule has 4 bridgehead atoms. The SMILES string of the molecule is O=C(Nc1ccc(Nc2cc(N3CCOCC3)cnn2)cc1)C12CC3CC(CC(C3)C1)C2. The highest BCUT2D eigenvalue weighted by Crippen LogP contribution is 2.60. The topological polar surface area (TPSA) is 79.4 Å². The number of nitrogens with one attached hydrogen (secondary N) is 2. The molecule has 5 fully saturated rings. The lowest BCUT2D eigenvalue weighted by atomic mass is 9.49. The third-order valence-corrected chi connectivity index (χ3v) is 7.95. The molecule has 168 valence electrons. The highest BCUT2D eigenvalue weighted by Gasteiger charge is 2.54. The molecule has 2 heterocycles. The van der Waals surface area contributed by atoms with Gasteiger partial charge in [-0.3, -0.25) is 4.79 Å². The molecule has 1 saturated heterocycles. The van der Waals surface area contributed by atoms with Gasteiger partial charge in [-0.2, -0.15) is 5.10 Å². The van der Waals surface area contributed by atoms with Crippen LogP contribution in [0, 0.1) is 23.2 Å². The number of hydrogen-bond donors (Lipinski definition) is 2. The molecule has 1 aliphatic heterocycles. The quantitative estimate of drug-likeness (QED) is 0.735. The first kappa shape index (κ1) is 20.0.